The molecule has 0 atom stereocenters. The third-order valence-corrected chi connectivity index (χ3v) is 3.75. The van der Waals surface area contributed by atoms with Crippen molar-refractivity contribution in [3.8, 4) is 5.75 Å². The van der Waals surface area contributed by atoms with Crippen LogP contribution in [0.15, 0.2) is 60.7 Å². The summed E-state index contributed by atoms with van der Waals surface area (Å²) in [4.78, 5) is 7.87. The van der Waals surface area contributed by atoms with Crippen molar-refractivity contribution in [2.24, 2.45) is 0 Å². The number of phenols is 1. The summed E-state index contributed by atoms with van der Waals surface area (Å²) in [5.74, 6) is 1.16. The summed E-state index contributed by atoms with van der Waals surface area (Å²) >= 11 is 0. The molecule has 3 heteroatoms. The minimum absolute atomic E-state index is 0.253. The second kappa shape index (κ2) is 4.63. The van der Waals surface area contributed by atoms with Gasteiger partial charge in [0.25, 0.3) is 0 Å². The molecule has 1 heterocycles. The summed E-state index contributed by atoms with van der Waals surface area (Å²) in [6.45, 7) is 0. The van der Waals surface area contributed by atoms with Crippen LogP contribution in [0, 0.1) is 0 Å². The number of benzene rings is 3. The predicted molar refractivity (Wildman–Crippen MR) is 84.5 cm³/mol. The molecule has 4 rings (SSSR count). The van der Waals surface area contributed by atoms with Crippen LogP contribution in [0.1, 0.15) is 11.4 Å². The largest absolute Gasteiger partial charge is 0.508 e. The van der Waals surface area contributed by atoms with Crippen molar-refractivity contribution >= 4 is 21.8 Å². The fourth-order valence-corrected chi connectivity index (χ4v) is 2.76. The molecule has 102 valence electrons. The molecule has 0 unspecified atom stereocenters. The van der Waals surface area contributed by atoms with E-state index in [4.69, 9.17) is 0 Å². The lowest BCUT2D eigenvalue weighted by atomic mass is 10.0. The number of nitrogens with zero attached hydrogens (tertiary/aromatic N) is 1. The van der Waals surface area contributed by atoms with Gasteiger partial charge < -0.3 is 10.1 Å². The SMILES string of the molecule is Oc1ccc2nc(Cc3cccc4ccccc34)[nH]c2c1. The van der Waals surface area contributed by atoms with E-state index in [2.05, 4.69) is 52.4 Å². The fraction of sp³-hybridized carbons (Fsp3) is 0.0556. The molecule has 0 saturated heterocycles. The molecule has 21 heavy (non-hydrogen) atoms. The Kier molecular flexibility index (Phi) is 2.64. The maximum Gasteiger partial charge on any atom is 0.117 e. The first-order valence-electron chi connectivity index (χ1n) is 6.94. The molecule has 0 aliphatic carbocycles. The fourth-order valence-electron chi connectivity index (χ4n) is 2.76. The second-order valence-corrected chi connectivity index (χ2v) is 5.20. The lowest BCUT2D eigenvalue weighted by molar-refractivity contribution is 0.476. The summed E-state index contributed by atoms with van der Waals surface area (Å²) in [5, 5.41) is 12.0. The van der Waals surface area contributed by atoms with Gasteiger partial charge in [-0.1, -0.05) is 42.5 Å². The van der Waals surface area contributed by atoms with Gasteiger partial charge in [-0.25, -0.2) is 4.98 Å². The lowest BCUT2D eigenvalue weighted by Gasteiger charge is -2.04. The quantitative estimate of drug-likeness (QED) is 0.580. The molecule has 0 aliphatic rings. The second-order valence-electron chi connectivity index (χ2n) is 5.20. The van der Waals surface area contributed by atoms with E-state index < -0.39 is 0 Å². The summed E-state index contributed by atoms with van der Waals surface area (Å²) in [5.41, 5.74) is 2.99. The van der Waals surface area contributed by atoms with E-state index in [1.54, 1.807) is 12.1 Å². The predicted octanol–water partition coefficient (Wildman–Crippen LogP) is 4.01. The number of hydrogen-bond donors (Lipinski definition) is 2. The standard InChI is InChI=1S/C18H14N2O/c21-14-8-9-16-17(11-14)20-18(19-16)10-13-6-3-5-12-4-1-2-7-15(12)13/h1-9,11,21H,10H2,(H,19,20). The van der Waals surface area contributed by atoms with Crippen LogP contribution in [0.3, 0.4) is 0 Å². The normalized spacial score (nSPS) is 11.2. The number of imidazole rings is 1. The van der Waals surface area contributed by atoms with E-state index in [0.717, 1.165) is 23.3 Å². The van der Waals surface area contributed by atoms with Crippen molar-refractivity contribution in [1.29, 1.82) is 0 Å². The zero-order valence-corrected chi connectivity index (χ0v) is 11.4. The molecular formula is C18H14N2O. The van der Waals surface area contributed by atoms with Crippen molar-refractivity contribution in [3.05, 3.63) is 72.1 Å². The number of phenolic OH excluding ortho intramolecular Hbond substituents is 1. The Labute approximate surface area is 121 Å². The number of aromatic hydroxyl groups is 1. The Bertz CT molecular complexity index is 935. The van der Waals surface area contributed by atoms with E-state index >= 15 is 0 Å². The zero-order valence-electron chi connectivity index (χ0n) is 11.4. The number of fused-ring (bicyclic) bond motifs is 2. The third kappa shape index (κ3) is 2.13. The van der Waals surface area contributed by atoms with E-state index in [1.165, 1.54) is 16.3 Å². The van der Waals surface area contributed by atoms with Crippen molar-refractivity contribution < 1.29 is 5.11 Å². The first-order chi connectivity index (χ1) is 10.3. The van der Waals surface area contributed by atoms with E-state index in [-0.39, 0.29) is 5.75 Å². The van der Waals surface area contributed by atoms with Crippen LogP contribution >= 0.6 is 0 Å². The third-order valence-electron chi connectivity index (χ3n) is 3.75. The number of aromatic nitrogens is 2. The highest BCUT2D eigenvalue weighted by atomic mass is 16.3. The summed E-state index contributed by atoms with van der Waals surface area (Å²) in [6.07, 6.45) is 0.747. The van der Waals surface area contributed by atoms with Crippen LogP contribution in [0.25, 0.3) is 21.8 Å². The molecule has 0 fully saturated rings. The molecule has 2 N–H and O–H groups in total. The average Bonchev–Trinajstić information content (AvgIpc) is 2.89. The maximum atomic E-state index is 9.52. The average molecular weight is 274 g/mol. The maximum absolute atomic E-state index is 9.52. The van der Waals surface area contributed by atoms with Gasteiger partial charge in [0.2, 0.25) is 0 Å². The van der Waals surface area contributed by atoms with Crippen LogP contribution in [-0.2, 0) is 6.42 Å². The summed E-state index contributed by atoms with van der Waals surface area (Å²) in [6, 6.07) is 19.9. The van der Waals surface area contributed by atoms with Crippen LogP contribution < -0.4 is 0 Å². The van der Waals surface area contributed by atoms with Gasteiger partial charge in [-0.15, -0.1) is 0 Å². The first kappa shape index (κ1) is 12.0. The molecule has 0 amide bonds. The molecule has 4 aromatic rings. The van der Waals surface area contributed by atoms with E-state index in [0.29, 0.717) is 0 Å². The molecule has 0 bridgehead atoms. The number of H-pyrrole nitrogens is 1. The van der Waals surface area contributed by atoms with Crippen molar-refractivity contribution in [1.82, 2.24) is 9.97 Å². The van der Waals surface area contributed by atoms with Crippen LogP contribution in [-0.4, -0.2) is 15.1 Å². The van der Waals surface area contributed by atoms with Gasteiger partial charge in [-0.2, -0.15) is 0 Å². The highest BCUT2D eigenvalue weighted by Gasteiger charge is 2.07. The smallest absolute Gasteiger partial charge is 0.117 e. The lowest BCUT2D eigenvalue weighted by Crippen LogP contribution is -1.91. The highest BCUT2D eigenvalue weighted by Crippen LogP contribution is 2.22. The van der Waals surface area contributed by atoms with Crippen LogP contribution in [0.4, 0.5) is 0 Å². The Hall–Kier alpha value is -2.81. The van der Waals surface area contributed by atoms with Gasteiger partial charge in [0, 0.05) is 12.5 Å². The van der Waals surface area contributed by atoms with Crippen LogP contribution in [0.2, 0.25) is 0 Å². The summed E-state index contributed by atoms with van der Waals surface area (Å²) in [7, 11) is 0. The van der Waals surface area contributed by atoms with Gasteiger partial charge in [-0.05, 0) is 28.5 Å². The molecule has 3 aromatic carbocycles. The Morgan fingerprint density at radius 3 is 2.76 bits per heavy atom. The molecule has 0 aliphatic heterocycles. The van der Waals surface area contributed by atoms with Gasteiger partial charge in [0.15, 0.2) is 0 Å². The molecule has 0 saturated carbocycles. The van der Waals surface area contributed by atoms with Crippen molar-refractivity contribution in [2.75, 3.05) is 0 Å². The van der Waals surface area contributed by atoms with Crippen molar-refractivity contribution in [3.63, 3.8) is 0 Å². The molecule has 0 radical (unpaired) electrons. The Morgan fingerprint density at radius 2 is 1.81 bits per heavy atom. The van der Waals surface area contributed by atoms with Gasteiger partial charge >= 0.3 is 0 Å². The minimum Gasteiger partial charge on any atom is -0.508 e. The molecule has 3 nitrogen and oxygen atoms in total. The first-order valence-corrected chi connectivity index (χ1v) is 6.94. The van der Waals surface area contributed by atoms with E-state index in [1.807, 2.05) is 6.07 Å². The highest BCUT2D eigenvalue weighted by molar-refractivity contribution is 5.86. The van der Waals surface area contributed by atoms with Crippen LogP contribution in [0.5, 0.6) is 5.75 Å². The summed E-state index contributed by atoms with van der Waals surface area (Å²) < 4.78 is 0. The van der Waals surface area contributed by atoms with Gasteiger partial charge in [-0.3, -0.25) is 0 Å². The molecule has 0 spiro atoms. The zero-order chi connectivity index (χ0) is 14.2. The topological polar surface area (TPSA) is 48.9 Å². The Morgan fingerprint density at radius 1 is 0.952 bits per heavy atom. The number of hydrogen-bond acceptors (Lipinski definition) is 2. The molecule has 1 aromatic heterocycles. The number of rotatable bonds is 2. The monoisotopic (exact) mass is 274 g/mol. The molecular weight excluding hydrogens is 260 g/mol. The van der Waals surface area contributed by atoms with E-state index in [9.17, 15) is 5.11 Å². The number of aromatic amines is 1. The number of nitrogens with one attached hydrogen (secondary N) is 1. The Balaban J connectivity index is 1.79. The minimum atomic E-state index is 0.253. The van der Waals surface area contributed by atoms with Gasteiger partial charge in [0.1, 0.15) is 11.6 Å². The van der Waals surface area contributed by atoms with Gasteiger partial charge in [0.05, 0.1) is 11.0 Å². The van der Waals surface area contributed by atoms with Crippen molar-refractivity contribution in [2.45, 2.75) is 6.42 Å².